The van der Waals surface area contributed by atoms with Gasteiger partial charge in [0.25, 0.3) is 5.91 Å². The highest BCUT2D eigenvalue weighted by atomic mass is 32.1. The molecule has 0 aliphatic rings. The molecule has 1 heterocycles. The van der Waals surface area contributed by atoms with Gasteiger partial charge < -0.3 is 26.3 Å². The van der Waals surface area contributed by atoms with E-state index in [9.17, 15) is 19.5 Å². The fraction of sp³-hybridized carbons (Fsp3) is 0.200. The van der Waals surface area contributed by atoms with Crippen molar-refractivity contribution in [3.8, 4) is 0 Å². The van der Waals surface area contributed by atoms with Crippen LogP contribution in [0.3, 0.4) is 0 Å². The number of carbonyl (C=O) groups is 3. The van der Waals surface area contributed by atoms with Crippen LogP contribution in [-0.4, -0.2) is 29.3 Å². The molecule has 126 valence electrons. The highest BCUT2D eigenvalue weighted by Gasteiger charge is 2.16. The molecule has 2 rings (SSSR count). The van der Waals surface area contributed by atoms with Gasteiger partial charge in [0.2, 0.25) is 5.91 Å². The Kier molecular flexibility index (Phi) is 5.85. The first-order valence-electron chi connectivity index (χ1n) is 6.99. The minimum atomic E-state index is -1.29. The first-order valence-corrected chi connectivity index (χ1v) is 7.87. The van der Waals surface area contributed by atoms with E-state index in [4.69, 9.17) is 5.73 Å². The van der Waals surface area contributed by atoms with Crippen LogP contribution in [0.4, 0.5) is 5.13 Å². The Morgan fingerprint density at radius 3 is 2.54 bits per heavy atom. The zero-order valence-corrected chi connectivity index (χ0v) is 13.3. The Bertz CT molecular complexity index is 732. The van der Waals surface area contributed by atoms with E-state index in [1.807, 2.05) is 0 Å². The van der Waals surface area contributed by atoms with Gasteiger partial charge in [0.05, 0.1) is 12.6 Å². The van der Waals surface area contributed by atoms with E-state index in [1.54, 1.807) is 30.3 Å². The van der Waals surface area contributed by atoms with Gasteiger partial charge in [-0.1, -0.05) is 30.3 Å². The molecule has 9 heteroatoms. The standard InChI is InChI=1S/C15H16N4O4S/c16-15-19-11(8-24-15)14(23)17-7-12(20)18-10(6-13(21)22)9-4-2-1-3-5-9/h1-5,8,10H,6-7H2,(H2,16,19)(H,17,23)(H,18,20)(H,21,22)/p-1. The average Bonchev–Trinajstić information content (AvgIpc) is 2.99. The lowest BCUT2D eigenvalue weighted by Gasteiger charge is -2.19. The lowest BCUT2D eigenvalue weighted by Crippen LogP contribution is -2.40. The summed E-state index contributed by atoms with van der Waals surface area (Å²) in [6.45, 7) is -0.313. The maximum atomic E-state index is 12.0. The number of rotatable bonds is 7. The Morgan fingerprint density at radius 1 is 1.25 bits per heavy atom. The van der Waals surface area contributed by atoms with Crippen LogP contribution in [0.25, 0.3) is 0 Å². The molecule has 0 aliphatic heterocycles. The number of hydrogen-bond acceptors (Lipinski definition) is 7. The number of nitrogen functional groups attached to an aromatic ring is 1. The van der Waals surface area contributed by atoms with Crippen molar-refractivity contribution >= 4 is 34.3 Å². The highest BCUT2D eigenvalue weighted by molar-refractivity contribution is 7.13. The molecule has 1 aromatic carbocycles. The number of hydrogen-bond donors (Lipinski definition) is 3. The topological polar surface area (TPSA) is 137 Å². The molecule has 24 heavy (non-hydrogen) atoms. The van der Waals surface area contributed by atoms with Crippen LogP contribution in [0.15, 0.2) is 35.7 Å². The molecule has 1 unspecified atom stereocenters. The van der Waals surface area contributed by atoms with Gasteiger partial charge in [0.15, 0.2) is 5.13 Å². The Morgan fingerprint density at radius 2 is 1.96 bits per heavy atom. The second-order valence-corrected chi connectivity index (χ2v) is 5.75. The van der Waals surface area contributed by atoms with Gasteiger partial charge in [-0.15, -0.1) is 11.3 Å². The molecule has 0 radical (unpaired) electrons. The van der Waals surface area contributed by atoms with Crippen LogP contribution in [-0.2, 0) is 9.59 Å². The molecule has 0 spiro atoms. The number of nitrogens with two attached hydrogens (primary N) is 1. The van der Waals surface area contributed by atoms with Gasteiger partial charge in [-0.3, -0.25) is 9.59 Å². The third-order valence-electron chi connectivity index (χ3n) is 3.07. The van der Waals surface area contributed by atoms with Gasteiger partial charge in [-0.25, -0.2) is 4.98 Å². The van der Waals surface area contributed by atoms with Gasteiger partial charge in [0, 0.05) is 17.8 Å². The highest BCUT2D eigenvalue weighted by Crippen LogP contribution is 2.15. The molecule has 0 saturated heterocycles. The smallest absolute Gasteiger partial charge is 0.271 e. The summed E-state index contributed by atoms with van der Waals surface area (Å²) in [6.07, 6.45) is -0.369. The summed E-state index contributed by atoms with van der Waals surface area (Å²) in [4.78, 5) is 38.4. The number of anilines is 1. The van der Waals surface area contributed by atoms with E-state index in [0.717, 1.165) is 11.3 Å². The zero-order valence-electron chi connectivity index (χ0n) is 12.5. The predicted molar refractivity (Wildman–Crippen MR) is 85.8 cm³/mol. The second kappa shape index (κ2) is 8.06. The summed E-state index contributed by atoms with van der Waals surface area (Å²) in [5.41, 5.74) is 6.19. The van der Waals surface area contributed by atoms with Gasteiger partial charge in [-0.05, 0) is 5.56 Å². The number of aromatic nitrogens is 1. The molecule has 8 nitrogen and oxygen atoms in total. The summed E-state index contributed by atoms with van der Waals surface area (Å²) in [6, 6.07) is 7.91. The molecule has 4 N–H and O–H groups in total. The summed E-state index contributed by atoms with van der Waals surface area (Å²) in [5, 5.41) is 17.6. The Labute approximate surface area is 141 Å². The third kappa shape index (κ3) is 5.06. The van der Waals surface area contributed by atoms with Crippen molar-refractivity contribution in [2.75, 3.05) is 12.3 Å². The van der Waals surface area contributed by atoms with Crippen LogP contribution >= 0.6 is 11.3 Å². The number of nitrogens with one attached hydrogen (secondary N) is 2. The van der Waals surface area contributed by atoms with Crippen molar-refractivity contribution in [1.29, 1.82) is 0 Å². The number of nitrogens with zero attached hydrogens (tertiary/aromatic N) is 1. The number of carbonyl (C=O) groups excluding carboxylic acids is 3. The predicted octanol–water partition coefficient (Wildman–Crippen LogP) is -0.547. The second-order valence-electron chi connectivity index (χ2n) is 4.86. The van der Waals surface area contributed by atoms with Crippen molar-refractivity contribution in [2.24, 2.45) is 0 Å². The molecule has 0 fully saturated rings. The molecule has 0 saturated carbocycles. The minimum absolute atomic E-state index is 0.125. The molecule has 1 aromatic heterocycles. The van der Waals surface area contributed by atoms with Crippen molar-refractivity contribution < 1.29 is 19.5 Å². The van der Waals surface area contributed by atoms with E-state index in [0.29, 0.717) is 5.56 Å². The summed E-state index contributed by atoms with van der Waals surface area (Å²) in [5.74, 6) is -2.35. The van der Waals surface area contributed by atoms with Crippen molar-refractivity contribution in [2.45, 2.75) is 12.5 Å². The summed E-state index contributed by atoms with van der Waals surface area (Å²) in [7, 11) is 0. The van der Waals surface area contributed by atoms with Gasteiger partial charge >= 0.3 is 0 Å². The van der Waals surface area contributed by atoms with Crippen LogP contribution < -0.4 is 21.5 Å². The van der Waals surface area contributed by atoms with Crippen LogP contribution in [0, 0.1) is 0 Å². The lowest BCUT2D eigenvalue weighted by atomic mass is 10.0. The van der Waals surface area contributed by atoms with E-state index in [1.165, 1.54) is 5.38 Å². The molecular formula is C15H15N4O4S-. The first kappa shape index (κ1) is 17.4. The number of carboxylic acid groups (broad SMARTS) is 1. The van der Waals surface area contributed by atoms with Crippen molar-refractivity contribution in [3.63, 3.8) is 0 Å². The number of thiazole rings is 1. The van der Waals surface area contributed by atoms with E-state index in [-0.39, 0.29) is 23.8 Å². The van der Waals surface area contributed by atoms with Crippen LogP contribution in [0.2, 0.25) is 0 Å². The molecule has 0 aliphatic carbocycles. The fourth-order valence-electron chi connectivity index (χ4n) is 1.99. The number of carboxylic acids is 1. The maximum Gasteiger partial charge on any atom is 0.271 e. The number of amides is 2. The quantitative estimate of drug-likeness (QED) is 0.615. The van der Waals surface area contributed by atoms with Crippen molar-refractivity contribution in [1.82, 2.24) is 15.6 Å². The average molecular weight is 347 g/mol. The maximum absolute atomic E-state index is 12.0. The third-order valence-corrected chi connectivity index (χ3v) is 3.75. The Balaban J connectivity index is 1.93. The van der Waals surface area contributed by atoms with Crippen LogP contribution in [0.1, 0.15) is 28.5 Å². The largest absolute Gasteiger partial charge is 0.550 e. The Hall–Kier alpha value is -2.94. The number of benzene rings is 1. The number of aliphatic carboxylic acids is 1. The molecule has 0 bridgehead atoms. The SMILES string of the molecule is Nc1nc(C(=O)NCC(=O)NC(CC(=O)[O-])c2ccccc2)cs1. The molecule has 1 atom stereocenters. The van der Waals surface area contributed by atoms with E-state index >= 15 is 0 Å². The molecule has 2 amide bonds. The molecule has 2 aromatic rings. The summed E-state index contributed by atoms with van der Waals surface area (Å²) < 4.78 is 0. The monoisotopic (exact) mass is 347 g/mol. The molecular weight excluding hydrogens is 332 g/mol. The summed E-state index contributed by atoms with van der Waals surface area (Å²) >= 11 is 1.11. The van der Waals surface area contributed by atoms with Crippen molar-refractivity contribution in [3.05, 3.63) is 47.0 Å². The van der Waals surface area contributed by atoms with Crippen LogP contribution in [0.5, 0.6) is 0 Å². The van der Waals surface area contributed by atoms with E-state index in [2.05, 4.69) is 15.6 Å². The minimum Gasteiger partial charge on any atom is -0.550 e. The zero-order chi connectivity index (χ0) is 17.5. The first-order chi connectivity index (χ1) is 11.5. The fourth-order valence-corrected chi connectivity index (χ4v) is 2.54. The van der Waals surface area contributed by atoms with Gasteiger partial charge in [-0.2, -0.15) is 0 Å². The van der Waals surface area contributed by atoms with E-state index < -0.39 is 23.8 Å². The lowest BCUT2D eigenvalue weighted by molar-refractivity contribution is -0.306. The normalized spacial score (nSPS) is 11.5. The van der Waals surface area contributed by atoms with Gasteiger partial charge in [0.1, 0.15) is 5.69 Å².